The summed E-state index contributed by atoms with van der Waals surface area (Å²) in [6.45, 7) is 3.53. The number of rotatable bonds is 10. The summed E-state index contributed by atoms with van der Waals surface area (Å²) < 4.78 is 5.77. The smallest absolute Gasteiger partial charge is 0.303 e. The van der Waals surface area contributed by atoms with Gasteiger partial charge in [0.05, 0.1) is 42.8 Å². The van der Waals surface area contributed by atoms with Gasteiger partial charge in [0, 0.05) is 12.8 Å². The molecule has 38 heavy (non-hydrogen) atoms. The third kappa shape index (κ3) is 5.64. The van der Waals surface area contributed by atoms with Crippen LogP contribution in [0.25, 0.3) is 11.1 Å². The van der Waals surface area contributed by atoms with Crippen LogP contribution in [0.15, 0.2) is 71.8 Å². The fourth-order valence-electron chi connectivity index (χ4n) is 4.74. The molecular weight excluding hydrogens is 480 g/mol. The molecule has 3 aromatic rings. The van der Waals surface area contributed by atoms with E-state index in [1.165, 1.54) is 5.01 Å². The molecule has 0 radical (unpaired) electrons. The summed E-state index contributed by atoms with van der Waals surface area (Å²) in [5.74, 6) is -0.422. The Hall–Kier alpha value is -4.33. The van der Waals surface area contributed by atoms with E-state index in [1.807, 2.05) is 42.5 Å². The molecule has 0 bridgehead atoms. The highest BCUT2D eigenvalue weighted by molar-refractivity contribution is 6.03. The van der Waals surface area contributed by atoms with Crippen molar-refractivity contribution in [1.29, 1.82) is 0 Å². The average molecular weight is 513 g/mol. The maximum atomic E-state index is 13.0. The van der Waals surface area contributed by atoms with Crippen LogP contribution in [0.3, 0.4) is 0 Å². The Labute approximate surface area is 222 Å². The first-order chi connectivity index (χ1) is 18.5. The van der Waals surface area contributed by atoms with Crippen molar-refractivity contribution in [2.45, 2.75) is 45.1 Å². The van der Waals surface area contributed by atoms with Crippen molar-refractivity contribution in [2.75, 3.05) is 23.9 Å². The summed E-state index contributed by atoms with van der Waals surface area (Å²) in [5.41, 5.74) is 6.88. The first-order valence-corrected chi connectivity index (χ1v) is 13.1. The lowest BCUT2D eigenvalue weighted by atomic mass is 9.96. The number of aliphatic carboxylic acids is 1. The monoisotopic (exact) mass is 512 g/mol. The molecule has 196 valence electrons. The molecule has 0 saturated carbocycles. The second-order valence-corrected chi connectivity index (χ2v) is 9.54. The molecule has 0 aromatic heterocycles. The number of carbonyl (C=O) groups is 2. The van der Waals surface area contributed by atoms with Crippen molar-refractivity contribution < 1.29 is 19.4 Å². The van der Waals surface area contributed by atoms with Crippen LogP contribution in [0, 0.1) is 0 Å². The second kappa shape index (κ2) is 11.4. The van der Waals surface area contributed by atoms with E-state index in [0.29, 0.717) is 13.1 Å². The molecule has 0 saturated heterocycles. The first kappa shape index (κ1) is 25.3. The Balaban J connectivity index is 1.35. The van der Waals surface area contributed by atoms with Crippen LogP contribution in [0.4, 0.5) is 11.4 Å². The molecular formula is C30H32N4O4. The third-order valence-electron chi connectivity index (χ3n) is 6.88. The van der Waals surface area contributed by atoms with Crippen molar-refractivity contribution in [1.82, 2.24) is 5.01 Å². The summed E-state index contributed by atoms with van der Waals surface area (Å²) in [6, 6.07) is 22.0. The van der Waals surface area contributed by atoms with Crippen LogP contribution in [-0.4, -0.2) is 41.0 Å². The van der Waals surface area contributed by atoms with Crippen molar-refractivity contribution in [2.24, 2.45) is 5.10 Å². The lowest BCUT2D eigenvalue weighted by Gasteiger charge is -2.22. The highest BCUT2D eigenvalue weighted by Gasteiger charge is 2.33. The number of unbranched alkanes of at least 4 members (excludes halogenated alkanes) is 1. The predicted molar refractivity (Wildman–Crippen MR) is 148 cm³/mol. The number of benzene rings is 3. The molecule has 8 nitrogen and oxygen atoms in total. The van der Waals surface area contributed by atoms with Gasteiger partial charge in [-0.15, -0.1) is 0 Å². The number of amides is 1. The van der Waals surface area contributed by atoms with Crippen LogP contribution < -0.4 is 15.4 Å². The van der Waals surface area contributed by atoms with E-state index >= 15 is 0 Å². The van der Waals surface area contributed by atoms with E-state index < -0.39 is 5.97 Å². The molecule has 2 aliphatic heterocycles. The van der Waals surface area contributed by atoms with Gasteiger partial charge < -0.3 is 20.5 Å². The van der Waals surface area contributed by atoms with Crippen LogP contribution >= 0.6 is 0 Å². The summed E-state index contributed by atoms with van der Waals surface area (Å²) in [6.07, 6.45) is 2.38. The maximum absolute atomic E-state index is 13.0. The molecule has 2 aliphatic rings. The van der Waals surface area contributed by atoms with Crippen molar-refractivity contribution in [3.05, 3.63) is 77.9 Å². The van der Waals surface area contributed by atoms with E-state index in [2.05, 4.69) is 41.8 Å². The molecule has 5 rings (SSSR count). The number of anilines is 2. The molecule has 0 spiro atoms. The molecule has 1 amide bonds. The fraction of sp³-hybridized carbons (Fsp3) is 0.300. The van der Waals surface area contributed by atoms with E-state index in [9.17, 15) is 9.59 Å². The number of hydrogen-bond acceptors (Lipinski definition) is 6. The number of ether oxygens (including phenoxy) is 1. The summed E-state index contributed by atoms with van der Waals surface area (Å²) in [5, 5.41) is 21.8. The van der Waals surface area contributed by atoms with E-state index in [1.54, 1.807) is 0 Å². The van der Waals surface area contributed by atoms with Gasteiger partial charge in [-0.1, -0.05) is 55.8 Å². The number of nitrogens with zero attached hydrogens (tertiary/aromatic N) is 2. The maximum Gasteiger partial charge on any atom is 0.303 e. The van der Waals surface area contributed by atoms with E-state index in [-0.39, 0.29) is 24.8 Å². The van der Waals surface area contributed by atoms with Crippen molar-refractivity contribution in [3.63, 3.8) is 0 Å². The lowest BCUT2D eigenvalue weighted by molar-refractivity contribution is -0.141. The second-order valence-electron chi connectivity index (χ2n) is 9.54. The van der Waals surface area contributed by atoms with Gasteiger partial charge >= 0.3 is 5.97 Å². The number of nitrogens with one attached hydrogen (secondary N) is 2. The number of fused-ring (bicyclic) bond motifs is 1. The van der Waals surface area contributed by atoms with Crippen LogP contribution in [0.1, 0.15) is 56.2 Å². The van der Waals surface area contributed by atoms with Gasteiger partial charge in [-0.2, -0.15) is 5.10 Å². The zero-order valence-electron chi connectivity index (χ0n) is 21.4. The predicted octanol–water partition coefficient (Wildman–Crippen LogP) is 5.87. The third-order valence-corrected chi connectivity index (χ3v) is 6.88. The SMILES string of the molecule is CCCCOc1ccc(-c2ccc(C3=NN(C(=O)CCC(=O)O)C(c4ccc5c(c4)NCN5)C3)cc2)cc1. The summed E-state index contributed by atoms with van der Waals surface area (Å²) >= 11 is 0. The van der Waals surface area contributed by atoms with Gasteiger partial charge in [0.2, 0.25) is 5.91 Å². The quantitative estimate of drug-likeness (QED) is 0.294. The minimum absolute atomic E-state index is 0.0928. The Bertz CT molecular complexity index is 1340. The first-order valence-electron chi connectivity index (χ1n) is 13.1. The molecule has 1 unspecified atom stereocenters. The molecule has 8 heteroatoms. The standard InChI is InChI=1S/C30H32N4O4/c1-2-3-16-38-24-11-8-21(9-12-24)20-4-6-22(7-5-20)26-18-28(34(33-26)29(35)14-15-30(36)37)23-10-13-25-27(17-23)32-19-31-25/h4-13,17,28,31-32H,2-3,14-16,18-19H2,1H3,(H,36,37). The Morgan fingerprint density at radius 3 is 2.34 bits per heavy atom. The summed E-state index contributed by atoms with van der Waals surface area (Å²) in [7, 11) is 0. The highest BCUT2D eigenvalue weighted by atomic mass is 16.5. The Morgan fingerprint density at radius 1 is 0.947 bits per heavy atom. The number of hydrazone groups is 1. The molecule has 1 atom stereocenters. The normalized spacial score (nSPS) is 15.9. The number of carbonyl (C=O) groups excluding carboxylic acids is 1. The number of hydrogen-bond donors (Lipinski definition) is 3. The number of carboxylic acid groups (broad SMARTS) is 1. The van der Waals surface area contributed by atoms with E-state index in [0.717, 1.165) is 64.5 Å². The lowest BCUT2D eigenvalue weighted by Crippen LogP contribution is -2.27. The van der Waals surface area contributed by atoms with Crippen LogP contribution in [0.2, 0.25) is 0 Å². The van der Waals surface area contributed by atoms with Gasteiger partial charge in [0.15, 0.2) is 0 Å². The molecule has 3 aromatic carbocycles. The van der Waals surface area contributed by atoms with Gasteiger partial charge in [0.1, 0.15) is 5.75 Å². The minimum atomic E-state index is -0.998. The topological polar surface area (TPSA) is 103 Å². The van der Waals surface area contributed by atoms with Gasteiger partial charge in [0.25, 0.3) is 0 Å². The molecule has 0 aliphatic carbocycles. The fourth-order valence-corrected chi connectivity index (χ4v) is 4.74. The minimum Gasteiger partial charge on any atom is -0.494 e. The zero-order valence-corrected chi connectivity index (χ0v) is 21.4. The van der Waals surface area contributed by atoms with Crippen molar-refractivity contribution >= 4 is 29.0 Å². The van der Waals surface area contributed by atoms with Crippen molar-refractivity contribution in [3.8, 4) is 16.9 Å². The largest absolute Gasteiger partial charge is 0.494 e. The average Bonchev–Trinajstić information content (AvgIpc) is 3.60. The van der Waals surface area contributed by atoms with Crippen LogP contribution in [0.5, 0.6) is 5.75 Å². The van der Waals surface area contributed by atoms with Gasteiger partial charge in [-0.05, 0) is 52.9 Å². The highest BCUT2D eigenvalue weighted by Crippen LogP contribution is 2.37. The van der Waals surface area contributed by atoms with E-state index in [4.69, 9.17) is 14.9 Å². The van der Waals surface area contributed by atoms with Gasteiger partial charge in [-0.3, -0.25) is 9.59 Å². The molecule has 0 fully saturated rings. The van der Waals surface area contributed by atoms with Gasteiger partial charge in [-0.25, -0.2) is 5.01 Å². The number of carboxylic acids is 1. The molecule has 2 heterocycles. The zero-order chi connectivity index (χ0) is 26.5. The Morgan fingerprint density at radius 2 is 1.63 bits per heavy atom. The molecule has 3 N–H and O–H groups in total. The Kier molecular flexibility index (Phi) is 7.58. The van der Waals surface area contributed by atoms with Crippen LogP contribution in [-0.2, 0) is 9.59 Å². The summed E-state index contributed by atoms with van der Waals surface area (Å²) in [4.78, 5) is 24.1.